The fraction of sp³-hybridized carbons (Fsp3) is 0.0769. The van der Waals surface area contributed by atoms with Crippen molar-refractivity contribution in [1.29, 1.82) is 0 Å². The van der Waals surface area contributed by atoms with Crippen LogP contribution in [0.5, 0.6) is 5.75 Å². The molecule has 0 N–H and O–H groups in total. The number of hydrogen-bond donors (Lipinski definition) is 0. The summed E-state index contributed by atoms with van der Waals surface area (Å²) in [4.78, 5) is 17.5. The van der Waals surface area contributed by atoms with E-state index in [2.05, 4.69) is 4.98 Å². The maximum atomic E-state index is 11.2. The lowest BCUT2D eigenvalue weighted by molar-refractivity contribution is 0.111. The van der Waals surface area contributed by atoms with Crippen molar-refractivity contribution in [1.82, 2.24) is 9.38 Å². The highest BCUT2D eigenvalue weighted by atomic mass is 32.2. The molecule has 0 fully saturated rings. The molecule has 0 aliphatic heterocycles. The third-order valence-electron chi connectivity index (χ3n) is 2.65. The molecule has 4 nitrogen and oxygen atoms in total. The van der Waals surface area contributed by atoms with Gasteiger partial charge in [-0.1, -0.05) is 23.9 Å². The van der Waals surface area contributed by atoms with Gasteiger partial charge < -0.3 is 4.74 Å². The van der Waals surface area contributed by atoms with Gasteiger partial charge in [-0.05, 0) is 12.1 Å². The average molecular weight is 290 g/mol. The van der Waals surface area contributed by atoms with Gasteiger partial charge in [-0.15, -0.1) is 11.3 Å². The lowest BCUT2D eigenvalue weighted by Crippen LogP contribution is -1.89. The van der Waals surface area contributed by atoms with E-state index in [0.717, 1.165) is 21.9 Å². The summed E-state index contributed by atoms with van der Waals surface area (Å²) in [6, 6.07) is 7.69. The maximum Gasteiger partial charge on any atom is 0.195 e. The smallest absolute Gasteiger partial charge is 0.195 e. The summed E-state index contributed by atoms with van der Waals surface area (Å²) >= 11 is 2.95. The standard InChI is InChI=1S/C13H10N2O2S2/c1-17-10-4-2-3-5-11(10)19-12-9(8-16)15-6-7-18-13(15)14-12/h2-8H,1H3. The molecule has 2 aromatic heterocycles. The van der Waals surface area contributed by atoms with E-state index in [1.54, 1.807) is 11.5 Å². The highest BCUT2D eigenvalue weighted by Crippen LogP contribution is 2.36. The predicted octanol–water partition coefficient (Wildman–Crippen LogP) is 3.37. The van der Waals surface area contributed by atoms with Crippen LogP contribution >= 0.6 is 23.1 Å². The Labute approximate surface area is 118 Å². The third kappa shape index (κ3) is 2.13. The second-order valence-electron chi connectivity index (χ2n) is 3.73. The lowest BCUT2D eigenvalue weighted by Gasteiger charge is -2.05. The van der Waals surface area contributed by atoms with Gasteiger partial charge in [0.15, 0.2) is 11.2 Å². The van der Waals surface area contributed by atoms with Crippen LogP contribution in [-0.4, -0.2) is 22.8 Å². The highest BCUT2D eigenvalue weighted by molar-refractivity contribution is 7.99. The van der Waals surface area contributed by atoms with Gasteiger partial charge in [0.05, 0.1) is 12.0 Å². The zero-order chi connectivity index (χ0) is 13.2. The minimum absolute atomic E-state index is 0.576. The van der Waals surface area contributed by atoms with Crippen LogP contribution in [0.2, 0.25) is 0 Å². The molecule has 0 saturated carbocycles. The number of benzene rings is 1. The van der Waals surface area contributed by atoms with Gasteiger partial charge >= 0.3 is 0 Å². The summed E-state index contributed by atoms with van der Waals surface area (Å²) in [5, 5.41) is 2.61. The van der Waals surface area contributed by atoms with Gasteiger partial charge in [0, 0.05) is 11.6 Å². The number of para-hydroxylation sites is 1. The Morgan fingerprint density at radius 2 is 2.26 bits per heavy atom. The number of methoxy groups -OCH3 is 1. The Balaban J connectivity index is 2.05. The molecule has 0 amide bonds. The number of carbonyl (C=O) groups excluding carboxylic acids is 1. The number of fused-ring (bicyclic) bond motifs is 1. The van der Waals surface area contributed by atoms with Crippen molar-refractivity contribution in [3.63, 3.8) is 0 Å². The van der Waals surface area contributed by atoms with Crippen molar-refractivity contribution < 1.29 is 9.53 Å². The van der Waals surface area contributed by atoms with E-state index >= 15 is 0 Å². The van der Waals surface area contributed by atoms with E-state index in [1.807, 2.05) is 35.8 Å². The Morgan fingerprint density at radius 1 is 1.42 bits per heavy atom. The quantitative estimate of drug-likeness (QED) is 0.691. The van der Waals surface area contributed by atoms with Crippen molar-refractivity contribution in [2.45, 2.75) is 9.92 Å². The first-order valence-electron chi connectivity index (χ1n) is 5.55. The number of carbonyl (C=O) groups is 1. The van der Waals surface area contributed by atoms with E-state index < -0.39 is 0 Å². The molecule has 0 saturated heterocycles. The summed E-state index contributed by atoms with van der Waals surface area (Å²) in [6.45, 7) is 0. The number of aromatic nitrogens is 2. The molecule has 3 rings (SSSR count). The van der Waals surface area contributed by atoms with E-state index in [4.69, 9.17) is 4.74 Å². The molecular formula is C13H10N2O2S2. The zero-order valence-electron chi connectivity index (χ0n) is 10.1. The molecule has 0 bridgehead atoms. The van der Waals surface area contributed by atoms with Crippen molar-refractivity contribution in [3.05, 3.63) is 41.5 Å². The number of nitrogens with zero attached hydrogens (tertiary/aromatic N) is 2. The number of imidazole rings is 1. The average Bonchev–Trinajstić information content (AvgIpc) is 2.99. The Hall–Kier alpha value is -1.79. The molecule has 3 aromatic rings. The van der Waals surface area contributed by atoms with Crippen LogP contribution in [0, 0.1) is 0 Å². The Morgan fingerprint density at radius 3 is 3.05 bits per heavy atom. The van der Waals surface area contributed by atoms with E-state index in [-0.39, 0.29) is 0 Å². The molecule has 0 radical (unpaired) electrons. The van der Waals surface area contributed by atoms with Crippen molar-refractivity contribution >= 4 is 34.3 Å². The topological polar surface area (TPSA) is 43.6 Å². The summed E-state index contributed by atoms with van der Waals surface area (Å²) in [7, 11) is 1.63. The highest BCUT2D eigenvalue weighted by Gasteiger charge is 2.15. The second kappa shape index (κ2) is 5.07. The van der Waals surface area contributed by atoms with Crippen LogP contribution in [0.25, 0.3) is 4.96 Å². The van der Waals surface area contributed by atoms with E-state index in [1.165, 1.54) is 23.1 Å². The molecule has 96 valence electrons. The van der Waals surface area contributed by atoms with E-state index in [0.29, 0.717) is 10.7 Å². The zero-order valence-corrected chi connectivity index (χ0v) is 11.7. The second-order valence-corrected chi connectivity index (χ2v) is 5.63. The molecule has 0 spiro atoms. The summed E-state index contributed by atoms with van der Waals surface area (Å²) in [5.41, 5.74) is 0.576. The van der Waals surface area contributed by atoms with Gasteiger partial charge in [-0.2, -0.15) is 0 Å². The number of ether oxygens (including phenoxy) is 1. The molecule has 0 unspecified atom stereocenters. The minimum Gasteiger partial charge on any atom is -0.496 e. The molecular weight excluding hydrogens is 280 g/mol. The number of aldehydes is 1. The van der Waals surface area contributed by atoms with Crippen LogP contribution < -0.4 is 4.74 Å². The third-order valence-corrected chi connectivity index (χ3v) is 4.46. The molecule has 2 heterocycles. The SMILES string of the molecule is COc1ccccc1Sc1nc2sccn2c1C=O. The van der Waals surface area contributed by atoms with Crippen molar-refractivity contribution in [2.24, 2.45) is 0 Å². The molecule has 0 aliphatic rings. The normalized spacial score (nSPS) is 10.8. The van der Waals surface area contributed by atoms with Gasteiger partial charge in [0.1, 0.15) is 16.5 Å². The molecule has 19 heavy (non-hydrogen) atoms. The fourth-order valence-electron chi connectivity index (χ4n) is 1.77. The first-order valence-corrected chi connectivity index (χ1v) is 7.24. The minimum atomic E-state index is 0.576. The Kier molecular flexibility index (Phi) is 3.27. The van der Waals surface area contributed by atoms with Crippen molar-refractivity contribution in [3.8, 4) is 5.75 Å². The molecule has 0 aliphatic carbocycles. The number of hydrogen-bond acceptors (Lipinski definition) is 5. The summed E-state index contributed by atoms with van der Waals surface area (Å²) in [6.07, 6.45) is 2.69. The molecule has 6 heteroatoms. The number of thiazole rings is 1. The van der Waals surface area contributed by atoms with Gasteiger partial charge in [0.25, 0.3) is 0 Å². The summed E-state index contributed by atoms with van der Waals surface area (Å²) in [5.74, 6) is 0.778. The van der Waals surface area contributed by atoms with Crippen molar-refractivity contribution in [2.75, 3.05) is 7.11 Å². The van der Waals surface area contributed by atoms with Crippen LogP contribution in [0.4, 0.5) is 0 Å². The molecule has 0 atom stereocenters. The summed E-state index contributed by atoms with van der Waals surface area (Å²) < 4.78 is 7.11. The lowest BCUT2D eigenvalue weighted by atomic mass is 10.3. The first-order chi connectivity index (χ1) is 9.33. The number of rotatable bonds is 4. The predicted molar refractivity (Wildman–Crippen MR) is 75.6 cm³/mol. The van der Waals surface area contributed by atoms with Crippen LogP contribution in [0.15, 0.2) is 45.8 Å². The molecule has 1 aromatic carbocycles. The Bertz CT molecular complexity index is 733. The van der Waals surface area contributed by atoms with E-state index in [9.17, 15) is 4.79 Å². The van der Waals surface area contributed by atoms with Gasteiger partial charge in [-0.3, -0.25) is 9.20 Å². The monoisotopic (exact) mass is 290 g/mol. The van der Waals surface area contributed by atoms with Gasteiger partial charge in [-0.25, -0.2) is 4.98 Å². The van der Waals surface area contributed by atoms with Crippen LogP contribution in [0.1, 0.15) is 10.5 Å². The fourth-order valence-corrected chi connectivity index (χ4v) is 3.54. The van der Waals surface area contributed by atoms with Crippen LogP contribution in [-0.2, 0) is 0 Å². The maximum absolute atomic E-state index is 11.2. The first kappa shape index (κ1) is 12.3. The largest absolute Gasteiger partial charge is 0.496 e. The van der Waals surface area contributed by atoms with Gasteiger partial charge in [0.2, 0.25) is 0 Å². The van der Waals surface area contributed by atoms with Crippen LogP contribution in [0.3, 0.4) is 0 Å².